The normalized spacial score (nSPS) is 12.9. The molecule has 0 aliphatic carbocycles. The molecule has 1 nitrogen and oxygen atoms in total. The molecule has 0 heterocycles. The van der Waals surface area contributed by atoms with Crippen LogP contribution in [-0.4, -0.2) is 5.78 Å². The van der Waals surface area contributed by atoms with Gasteiger partial charge in [0.1, 0.15) is 5.38 Å². The minimum absolute atomic E-state index is 0.0642. The maximum absolute atomic E-state index is 12.5. The average molecular weight is 312 g/mol. The molecule has 0 spiro atoms. The zero-order chi connectivity index (χ0) is 12.3. The molecule has 5 heteroatoms. The Labute approximate surface area is 106 Å². The highest BCUT2D eigenvalue weighted by Crippen LogP contribution is 2.30. The van der Waals surface area contributed by atoms with E-state index in [1.165, 1.54) is 25.1 Å². The summed E-state index contributed by atoms with van der Waals surface area (Å²) in [6.07, 6.45) is -2.52. The van der Waals surface area contributed by atoms with Crippen LogP contribution in [0.1, 0.15) is 35.4 Å². The first-order valence-corrected chi connectivity index (χ1v) is 6.14. The van der Waals surface area contributed by atoms with Gasteiger partial charge in [-0.25, -0.2) is 8.78 Å². The summed E-state index contributed by atoms with van der Waals surface area (Å²) < 4.78 is 24.9. The van der Waals surface area contributed by atoms with Crippen molar-refractivity contribution in [2.45, 2.75) is 24.1 Å². The van der Waals surface area contributed by atoms with Gasteiger partial charge in [0.2, 0.25) is 0 Å². The van der Waals surface area contributed by atoms with E-state index in [4.69, 9.17) is 11.6 Å². The second-order valence-corrected chi connectivity index (χ2v) is 4.36. The zero-order valence-electron chi connectivity index (χ0n) is 8.51. The van der Waals surface area contributed by atoms with Gasteiger partial charge < -0.3 is 0 Å². The van der Waals surface area contributed by atoms with Crippen molar-refractivity contribution < 1.29 is 13.6 Å². The van der Waals surface area contributed by atoms with Crippen molar-refractivity contribution in [2.24, 2.45) is 0 Å². The summed E-state index contributed by atoms with van der Waals surface area (Å²) >= 11 is 9.09. The lowest BCUT2D eigenvalue weighted by atomic mass is 10.0. The van der Waals surface area contributed by atoms with E-state index in [1.54, 1.807) is 0 Å². The fraction of sp³-hybridized carbons (Fsp3) is 0.364. The van der Waals surface area contributed by atoms with E-state index in [9.17, 15) is 13.6 Å². The topological polar surface area (TPSA) is 17.1 Å². The molecule has 0 saturated heterocycles. The van der Waals surface area contributed by atoms with Gasteiger partial charge in [0.05, 0.1) is 0 Å². The number of carbonyl (C=O) groups is 1. The molecule has 0 amide bonds. The van der Waals surface area contributed by atoms with Gasteiger partial charge in [-0.2, -0.15) is 0 Å². The molecule has 88 valence electrons. The van der Waals surface area contributed by atoms with Crippen molar-refractivity contribution in [1.82, 2.24) is 0 Å². The van der Waals surface area contributed by atoms with Gasteiger partial charge in [-0.05, 0) is 24.1 Å². The molecule has 0 fully saturated rings. The number of alkyl halides is 4. The summed E-state index contributed by atoms with van der Waals surface area (Å²) in [5.41, 5.74) is 1.13. The Morgan fingerprint density at radius 1 is 1.50 bits per heavy atom. The van der Waals surface area contributed by atoms with Gasteiger partial charge in [-0.15, -0.1) is 11.6 Å². The number of ketones is 1. The molecule has 0 aliphatic heterocycles. The van der Waals surface area contributed by atoms with Crippen molar-refractivity contribution in [2.75, 3.05) is 0 Å². The second kappa shape index (κ2) is 5.73. The van der Waals surface area contributed by atoms with Gasteiger partial charge in [0.15, 0.2) is 5.78 Å². The van der Waals surface area contributed by atoms with E-state index in [1.807, 2.05) is 0 Å². The summed E-state index contributed by atoms with van der Waals surface area (Å²) in [6.45, 7) is 1.37. The summed E-state index contributed by atoms with van der Waals surface area (Å²) in [7, 11) is 0. The number of benzene rings is 1. The first-order chi connectivity index (χ1) is 7.47. The van der Waals surface area contributed by atoms with E-state index in [0.717, 1.165) is 0 Å². The average Bonchev–Trinajstić information content (AvgIpc) is 2.26. The fourth-order valence-corrected chi connectivity index (χ4v) is 2.04. The molecule has 0 aliphatic rings. The number of hydrogen-bond acceptors (Lipinski definition) is 1. The Bertz CT molecular complexity index is 396. The molecule has 0 aromatic heterocycles. The third-order valence-corrected chi connectivity index (χ3v) is 3.34. The predicted octanol–water partition coefficient (Wildman–Crippen LogP) is 4.39. The Morgan fingerprint density at radius 3 is 2.56 bits per heavy atom. The van der Waals surface area contributed by atoms with Crippen LogP contribution in [0, 0.1) is 0 Å². The van der Waals surface area contributed by atoms with Gasteiger partial charge in [0.25, 0.3) is 6.43 Å². The van der Waals surface area contributed by atoms with Crippen LogP contribution in [0.25, 0.3) is 0 Å². The smallest absolute Gasteiger partial charge is 0.263 e. The third kappa shape index (κ3) is 3.01. The van der Waals surface area contributed by atoms with Gasteiger partial charge in [-0.1, -0.05) is 28.1 Å². The number of carbonyl (C=O) groups excluding carboxylic acids is 1. The number of Topliss-reactive ketones (excluding diaryl/α,β-unsaturated/α-hetero) is 1. The quantitative estimate of drug-likeness (QED) is 0.754. The van der Waals surface area contributed by atoms with Crippen LogP contribution >= 0.6 is 27.5 Å². The van der Waals surface area contributed by atoms with Crippen LogP contribution in [-0.2, 0) is 10.1 Å². The van der Waals surface area contributed by atoms with Gasteiger partial charge in [0, 0.05) is 10.9 Å². The molecule has 1 rings (SSSR count). The monoisotopic (exact) mass is 310 g/mol. The molecule has 0 saturated carbocycles. The third-order valence-electron chi connectivity index (χ3n) is 2.19. The maximum atomic E-state index is 12.5. The summed E-state index contributed by atoms with van der Waals surface area (Å²) in [4.78, 5) is 11.1. The highest BCUT2D eigenvalue weighted by atomic mass is 79.9. The highest BCUT2D eigenvalue weighted by Gasteiger charge is 2.18. The second-order valence-electron chi connectivity index (χ2n) is 3.37. The fourth-order valence-electron chi connectivity index (χ4n) is 1.34. The van der Waals surface area contributed by atoms with Crippen molar-refractivity contribution in [3.63, 3.8) is 0 Å². The van der Waals surface area contributed by atoms with Crippen LogP contribution in [0.3, 0.4) is 0 Å². The Balaban J connectivity index is 3.16. The van der Waals surface area contributed by atoms with E-state index < -0.39 is 11.8 Å². The van der Waals surface area contributed by atoms with Crippen molar-refractivity contribution in [3.05, 3.63) is 34.9 Å². The van der Waals surface area contributed by atoms with Crippen molar-refractivity contribution in [3.8, 4) is 0 Å². The number of hydrogen-bond donors (Lipinski definition) is 0. The lowest BCUT2D eigenvalue weighted by Crippen LogP contribution is -2.05. The number of rotatable bonds is 4. The van der Waals surface area contributed by atoms with E-state index in [2.05, 4.69) is 15.9 Å². The lowest BCUT2D eigenvalue weighted by molar-refractivity contribution is -0.116. The Kier molecular flexibility index (Phi) is 4.87. The van der Waals surface area contributed by atoms with Crippen LogP contribution in [0.2, 0.25) is 0 Å². The standard InChI is InChI=1S/C11H10BrClF2O/c1-6(16)10(13)9-3-2-7(11(14)15)4-8(9)5-12/h2-4,10-11H,5H2,1H3. The Hall–Kier alpha value is -0.480. The van der Waals surface area contributed by atoms with Gasteiger partial charge in [-0.3, -0.25) is 4.79 Å². The minimum Gasteiger partial charge on any atom is -0.298 e. The van der Waals surface area contributed by atoms with E-state index in [0.29, 0.717) is 16.5 Å². The van der Waals surface area contributed by atoms with Crippen LogP contribution in [0.5, 0.6) is 0 Å². The molecule has 1 unspecified atom stereocenters. The summed E-state index contributed by atoms with van der Waals surface area (Å²) in [6, 6.07) is 4.15. The molecule has 0 radical (unpaired) electrons. The summed E-state index contributed by atoms with van der Waals surface area (Å²) in [5.74, 6) is -0.200. The Morgan fingerprint density at radius 2 is 2.12 bits per heavy atom. The van der Waals surface area contributed by atoms with Crippen LogP contribution in [0.15, 0.2) is 18.2 Å². The van der Waals surface area contributed by atoms with E-state index >= 15 is 0 Å². The highest BCUT2D eigenvalue weighted by molar-refractivity contribution is 9.08. The predicted molar refractivity (Wildman–Crippen MR) is 63.3 cm³/mol. The maximum Gasteiger partial charge on any atom is 0.263 e. The SMILES string of the molecule is CC(=O)C(Cl)c1ccc(C(F)F)cc1CBr. The van der Waals surface area contributed by atoms with Crippen LogP contribution < -0.4 is 0 Å². The molecule has 1 atom stereocenters. The molecule has 1 aromatic rings. The molecular weight excluding hydrogens is 301 g/mol. The first-order valence-electron chi connectivity index (χ1n) is 4.58. The van der Waals surface area contributed by atoms with Crippen molar-refractivity contribution in [1.29, 1.82) is 0 Å². The molecule has 0 bridgehead atoms. The first kappa shape index (κ1) is 13.6. The van der Waals surface area contributed by atoms with Gasteiger partial charge >= 0.3 is 0 Å². The molecule has 16 heavy (non-hydrogen) atoms. The molecule has 1 aromatic carbocycles. The molecular formula is C11H10BrClF2O. The zero-order valence-corrected chi connectivity index (χ0v) is 10.9. The van der Waals surface area contributed by atoms with E-state index in [-0.39, 0.29) is 11.3 Å². The minimum atomic E-state index is -2.52. The summed E-state index contributed by atoms with van der Waals surface area (Å²) in [5, 5.41) is -0.390. The lowest BCUT2D eigenvalue weighted by Gasteiger charge is -2.12. The van der Waals surface area contributed by atoms with Crippen LogP contribution in [0.4, 0.5) is 8.78 Å². The number of halogens is 4. The molecule has 0 N–H and O–H groups in total. The largest absolute Gasteiger partial charge is 0.298 e. The van der Waals surface area contributed by atoms with Crippen molar-refractivity contribution >= 4 is 33.3 Å².